The summed E-state index contributed by atoms with van der Waals surface area (Å²) >= 11 is 3.43. The van der Waals surface area contributed by atoms with E-state index in [2.05, 4.69) is 20.9 Å². The van der Waals surface area contributed by atoms with Gasteiger partial charge in [0.25, 0.3) is 0 Å². The van der Waals surface area contributed by atoms with Crippen LogP contribution in [-0.2, 0) is 9.59 Å². The van der Waals surface area contributed by atoms with E-state index in [0.717, 1.165) is 9.86 Å². The number of pyridine rings is 1. The van der Waals surface area contributed by atoms with E-state index in [1.165, 1.54) is 4.90 Å². The van der Waals surface area contributed by atoms with Gasteiger partial charge in [-0.3, -0.25) is 9.78 Å². The van der Waals surface area contributed by atoms with Gasteiger partial charge in [0.2, 0.25) is 6.41 Å². The predicted molar refractivity (Wildman–Crippen MR) is 82.9 cm³/mol. The molecule has 1 aromatic carbocycles. The van der Waals surface area contributed by atoms with Crippen LogP contribution in [0.3, 0.4) is 0 Å². The molecule has 2 aromatic rings. The summed E-state index contributed by atoms with van der Waals surface area (Å²) in [4.78, 5) is 28.6. The molecule has 21 heavy (non-hydrogen) atoms. The van der Waals surface area contributed by atoms with Crippen LogP contribution in [0.2, 0.25) is 0 Å². The fourth-order valence-electron chi connectivity index (χ4n) is 2.28. The fraction of sp³-hybridized carbons (Fsp3) is 0.267. The lowest BCUT2D eigenvalue weighted by Crippen LogP contribution is -2.38. The maximum atomic E-state index is 11.7. The fourth-order valence-corrected chi connectivity index (χ4v) is 2.73. The first-order valence-corrected chi connectivity index (χ1v) is 7.25. The van der Waals surface area contributed by atoms with E-state index in [1.807, 2.05) is 6.07 Å². The third-order valence-corrected chi connectivity index (χ3v) is 3.98. The molecule has 0 spiro atoms. The Hall–Kier alpha value is -1.95. The second-order valence-corrected chi connectivity index (χ2v) is 5.78. The minimum Gasteiger partial charge on any atom is -0.479 e. The number of carboxylic acids is 1. The Morgan fingerprint density at radius 3 is 2.67 bits per heavy atom. The van der Waals surface area contributed by atoms with Crippen molar-refractivity contribution in [2.75, 3.05) is 0 Å². The molecular weight excluding hydrogens is 336 g/mol. The molecule has 1 amide bonds. The highest BCUT2D eigenvalue weighted by atomic mass is 79.9. The Labute approximate surface area is 130 Å². The smallest absolute Gasteiger partial charge is 0.331 e. The molecule has 110 valence electrons. The summed E-state index contributed by atoms with van der Waals surface area (Å²) in [5.74, 6) is -1.08. The van der Waals surface area contributed by atoms with E-state index < -0.39 is 12.0 Å². The molecule has 1 heterocycles. The van der Waals surface area contributed by atoms with Crippen LogP contribution in [-0.4, -0.2) is 33.4 Å². The van der Waals surface area contributed by atoms with Gasteiger partial charge in [0.15, 0.2) is 6.04 Å². The van der Waals surface area contributed by atoms with Crippen LogP contribution in [0.15, 0.2) is 34.9 Å². The molecule has 5 nitrogen and oxygen atoms in total. The number of rotatable bonds is 5. The zero-order chi connectivity index (χ0) is 15.6. The number of hydrogen-bond donors (Lipinski definition) is 1. The molecule has 0 aliphatic carbocycles. The first-order valence-electron chi connectivity index (χ1n) is 6.46. The van der Waals surface area contributed by atoms with Crippen molar-refractivity contribution >= 4 is 39.2 Å². The van der Waals surface area contributed by atoms with E-state index in [1.54, 1.807) is 38.2 Å². The number of aliphatic carboxylic acids is 1. The Balaban J connectivity index is 2.69. The number of aromatic nitrogens is 1. The van der Waals surface area contributed by atoms with Crippen molar-refractivity contribution in [2.45, 2.75) is 25.9 Å². The monoisotopic (exact) mass is 350 g/mol. The minimum absolute atomic E-state index is 0.231. The van der Waals surface area contributed by atoms with Crippen molar-refractivity contribution in [3.05, 3.63) is 40.5 Å². The average Bonchev–Trinajstić information content (AvgIpc) is 2.45. The number of carbonyl (C=O) groups is 2. The molecule has 0 saturated carbocycles. The molecule has 2 rings (SSSR count). The van der Waals surface area contributed by atoms with Crippen LogP contribution in [0.4, 0.5) is 0 Å². The number of carbonyl (C=O) groups excluding carboxylic acids is 1. The summed E-state index contributed by atoms with van der Waals surface area (Å²) in [5, 5.41) is 10.4. The highest BCUT2D eigenvalue weighted by Gasteiger charge is 2.30. The summed E-state index contributed by atoms with van der Waals surface area (Å²) in [7, 11) is 0. The molecule has 0 aliphatic rings. The van der Waals surface area contributed by atoms with Crippen LogP contribution in [0, 0.1) is 0 Å². The number of carboxylic acid groups (broad SMARTS) is 1. The van der Waals surface area contributed by atoms with Gasteiger partial charge in [-0.05, 0) is 26.0 Å². The number of fused-ring (bicyclic) bond motifs is 1. The number of nitrogens with zero attached hydrogens (tertiary/aromatic N) is 2. The highest BCUT2D eigenvalue weighted by Crippen LogP contribution is 2.32. The molecule has 0 bridgehead atoms. The summed E-state index contributed by atoms with van der Waals surface area (Å²) in [6.07, 6.45) is 2.18. The molecule has 0 radical (unpaired) electrons. The van der Waals surface area contributed by atoms with Gasteiger partial charge in [-0.1, -0.05) is 28.1 Å². The van der Waals surface area contributed by atoms with Crippen molar-refractivity contribution in [1.82, 2.24) is 9.88 Å². The molecule has 6 heteroatoms. The van der Waals surface area contributed by atoms with Crippen molar-refractivity contribution in [3.8, 4) is 0 Å². The lowest BCUT2D eigenvalue weighted by molar-refractivity contribution is -0.147. The second-order valence-electron chi connectivity index (χ2n) is 4.92. The van der Waals surface area contributed by atoms with E-state index in [9.17, 15) is 14.7 Å². The van der Waals surface area contributed by atoms with Gasteiger partial charge in [0.1, 0.15) is 0 Å². The molecule has 1 aromatic heterocycles. The molecule has 1 atom stereocenters. The van der Waals surface area contributed by atoms with Crippen molar-refractivity contribution in [3.63, 3.8) is 0 Å². The van der Waals surface area contributed by atoms with Crippen LogP contribution in [0.1, 0.15) is 25.5 Å². The predicted octanol–water partition coefficient (Wildman–Crippen LogP) is 2.99. The average molecular weight is 351 g/mol. The standard InChI is InChI=1S/C15H15BrN2O3/c1-9(2)18(8-19)14(15(20)21)11-5-6-12(16)10-4-3-7-17-13(10)11/h3-9,14H,1-2H3,(H,20,21). The first kappa shape index (κ1) is 15.4. The summed E-state index contributed by atoms with van der Waals surface area (Å²) < 4.78 is 0.834. The Morgan fingerprint density at radius 2 is 2.10 bits per heavy atom. The lowest BCUT2D eigenvalue weighted by Gasteiger charge is -2.29. The molecule has 1 unspecified atom stereocenters. The van der Waals surface area contributed by atoms with Crippen LogP contribution < -0.4 is 0 Å². The zero-order valence-electron chi connectivity index (χ0n) is 11.7. The largest absolute Gasteiger partial charge is 0.479 e. The van der Waals surface area contributed by atoms with E-state index in [4.69, 9.17) is 0 Å². The highest BCUT2D eigenvalue weighted by molar-refractivity contribution is 9.10. The van der Waals surface area contributed by atoms with Crippen molar-refractivity contribution in [2.24, 2.45) is 0 Å². The Morgan fingerprint density at radius 1 is 1.38 bits per heavy atom. The van der Waals surface area contributed by atoms with Gasteiger partial charge in [-0.25, -0.2) is 4.79 Å². The van der Waals surface area contributed by atoms with Gasteiger partial charge < -0.3 is 10.0 Å². The van der Waals surface area contributed by atoms with Gasteiger partial charge in [-0.2, -0.15) is 0 Å². The summed E-state index contributed by atoms with van der Waals surface area (Å²) in [6, 6.07) is 5.82. The van der Waals surface area contributed by atoms with E-state index in [-0.39, 0.29) is 6.04 Å². The maximum absolute atomic E-state index is 11.7. The van der Waals surface area contributed by atoms with Gasteiger partial charge in [0.05, 0.1) is 5.52 Å². The summed E-state index contributed by atoms with van der Waals surface area (Å²) in [6.45, 7) is 3.55. The quantitative estimate of drug-likeness (QED) is 0.841. The molecule has 0 saturated heterocycles. The normalized spacial score (nSPS) is 12.4. The van der Waals surface area contributed by atoms with Gasteiger partial charge in [0, 0.05) is 27.7 Å². The second kappa shape index (κ2) is 6.22. The third-order valence-electron chi connectivity index (χ3n) is 3.29. The first-order chi connectivity index (χ1) is 9.97. The number of benzene rings is 1. The Kier molecular flexibility index (Phi) is 4.57. The van der Waals surface area contributed by atoms with Crippen LogP contribution in [0.5, 0.6) is 0 Å². The SMILES string of the molecule is CC(C)N(C=O)C(C(=O)O)c1ccc(Br)c2cccnc12. The topological polar surface area (TPSA) is 70.5 Å². The lowest BCUT2D eigenvalue weighted by atomic mass is 10.0. The van der Waals surface area contributed by atoms with E-state index >= 15 is 0 Å². The molecular formula is C15H15BrN2O3. The molecule has 1 N–H and O–H groups in total. The van der Waals surface area contributed by atoms with Crippen molar-refractivity contribution < 1.29 is 14.7 Å². The van der Waals surface area contributed by atoms with Crippen LogP contribution in [0.25, 0.3) is 10.9 Å². The number of halogens is 1. The number of hydrogen-bond acceptors (Lipinski definition) is 3. The van der Waals surface area contributed by atoms with Gasteiger partial charge >= 0.3 is 5.97 Å². The number of amides is 1. The maximum Gasteiger partial charge on any atom is 0.331 e. The summed E-state index contributed by atoms with van der Waals surface area (Å²) in [5.41, 5.74) is 1.08. The molecule has 0 fully saturated rings. The van der Waals surface area contributed by atoms with Crippen molar-refractivity contribution in [1.29, 1.82) is 0 Å². The van der Waals surface area contributed by atoms with Gasteiger partial charge in [-0.15, -0.1) is 0 Å². The van der Waals surface area contributed by atoms with E-state index in [0.29, 0.717) is 17.5 Å². The Bertz CT molecular complexity index is 688. The zero-order valence-corrected chi connectivity index (χ0v) is 13.2. The molecule has 0 aliphatic heterocycles. The van der Waals surface area contributed by atoms with Crippen LogP contribution >= 0.6 is 15.9 Å². The minimum atomic E-state index is -1.08. The third kappa shape index (κ3) is 2.90.